The van der Waals surface area contributed by atoms with Crippen molar-refractivity contribution in [2.75, 3.05) is 11.9 Å². The summed E-state index contributed by atoms with van der Waals surface area (Å²) < 4.78 is 1.05. The third-order valence-electron chi connectivity index (χ3n) is 2.43. The number of nitrogens with zero attached hydrogens (tertiary/aromatic N) is 1. The molecule has 2 aromatic heterocycles. The van der Waals surface area contributed by atoms with E-state index in [1.165, 1.54) is 11.1 Å². The van der Waals surface area contributed by atoms with Gasteiger partial charge in [-0.1, -0.05) is 0 Å². The molecule has 0 spiro atoms. The number of hydrogen-bond acceptors (Lipinski definition) is 2. The van der Waals surface area contributed by atoms with E-state index in [1.807, 2.05) is 24.7 Å². The van der Waals surface area contributed by atoms with E-state index in [0.29, 0.717) is 0 Å². The molecule has 4 heteroatoms. The lowest BCUT2D eigenvalue weighted by Crippen LogP contribution is -2.05. The van der Waals surface area contributed by atoms with Crippen LogP contribution in [0.2, 0.25) is 0 Å². The highest BCUT2D eigenvalue weighted by molar-refractivity contribution is 9.10. The third-order valence-corrected chi connectivity index (χ3v) is 3.26. The van der Waals surface area contributed by atoms with Crippen LogP contribution >= 0.6 is 15.9 Å². The predicted octanol–water partition coefficient (Wildman–Crippen LogP) is 3.14. The number of nitrogens with one attached hydrogen (secondary N) is 2. The molecule has 0 fully saturated rings. The van der Waals surface area contributed by atoms with Crippen LogP contribution in [0.3, 0.4) is 0 Å². The zero-order valence-electron chi connectivity index (χ0n) is 9.13. The fraction of sp³-hybridized carbons (Fsp3) is 0.250. The van der Waals surface area contributed by atoms with E-state index in [0.717, 1.165) is 23.3 Å². The van der Waals surface area contributed by atoms with E-state index in [2.05, 4.69) is 44.2 Å². The maximum absolute atomic E-state index is 4.29. The summed E-state index contributed by atoms with van der Waals surface area (Å²) in [5.74, 6) is 0.927. The number of aryl methyl sites for hydroxylation is 1. The highest BCUT2D eigenvalue weighted by Crippen LogP contribution is 2.17. The van der Waals surface area contributed by atoms with Crippen molar-refractivity contribution in [3.05, 3.63) is 46.3 Å². The zero-order chi connectivity index (χ0) is 11.4. The number of halogens is 1. The van der Waals surface area contributed by atoms with Gasteiger partial charge in [0.15, 0.2) is 0 Å². The minimum atomic E-state index is 0.895. The zero-order valence-corrected chi connectivity index (χ0v) is 10.7. The molecule has 0 radical (unpaired) electrons. The van der Waals surface area contributed by atoms with Gasteiger partial charge in [0, 0.05) is 29.6 Å². The van der Waals surface area contributed by atoms with Crippen molar-refractivity contribution in [3.63, 3.8) is 0 Å². The second kappa shape index (κ2) is 5.16. The Kier molecular flexibility index (Phi) is 3.62. The van der Waals surface area contributed by atoms with Crippen molar-refractivity contribution < 1.29 is 0 Å². The summed E-state index contributed by atoms with van der Waals surface area (Å²) in [6, 6.07) is 4.13. The summed E-state index contributed by atoms with van der Waals surface area (Å²) in [6.07, 6.45) is 6.79. The molecule has 2 rings (SSSR count). The first-order valence-electron chi connectivity index (χ1n) is 5.23. The summed E-state index contributed by atoms with van der Waals surface area (Å²) >= 11 is 3.43. The van der Waals surface area contributed by atoms with E-state index in [4.69, 9.17) is 0 Å². The van der Waals surface area contributed by atoms with Crippen molar-refractivity contribution in [1.82, 2.24) is 9.97 Å². The fourth-order valence-electron chi connectivity index (χ4n) is 1.48. The van der Waals surface area contributed by atoms with Crippen LogP contribution in [0, 0.1) is 6.92 Å². The average molecular weight is 280 g/mol. The highest BCUT2D eigenvalue weighted by Gasteiger charge is 1.98. The average Bonchev–Trinajstić information content (AvgIpc) is 2.76. The molecule has 3 nitrogen and oxygen atoms in total. The van der Waals surface area contributed by atoms with Gasteiger partial charge in [0.1, 0.15) is 5.82 Å². The van der Waals surface area contributed by atoms with Crippen LogP contribution in [0.4, 0.5) is 5.82 Å². The molecule has 0 aliphatic rings. The number of anilines is 1. The van der Waals surface area contributed by atoms with Gasteiger partial charge in [-0.2, -0.15) is 0 Å². The largest absolute Gasteiger partial charge is 0.370 e. The molecule has 0 unspecified atom stereocenters. The second-order valence-electron chi connectivity index (χ2n) is 3.71. The smallest absolute Gasteiger partial charge is 0.126 e. The molecule has 0 aliphatic carbocycles. The van der Waals surface area contributed by atoms with Gasteiger partial charge < -0.3 is 10.3 Å². The molecule has 2 N–H and O–H groups in total. The van der Waals surface area contributed by atoms with E-state index >= 15 is 0 Å². The lowest BCUT2D eigenvalue weighted by molar-refractivity contribution is 1.01. The first-order chi connectivity index (χ1) is 7.75. The summed E-state index contributed by atoms with van der Waals surface area (Å²) in [7, 11) is 0. The molecule has 0 bridgehead atoms. The number of pyridine rings is 1. The molecule has 0 aromatic carbocycles. The second-order valence-corrected chi connectivity index (χ2v) is 4.57. The van der Waals surface area contributed by atoms with Crippen molar-refractivity contribution in [1.29, 1.82) is 0 Å². The molecule has 84 valence electrons. The Bertz CT molecular complexity index is 451. The molecular weight excluding hydrogens is 266 g/mol. The number of aromatic amines is 1. The summed E-state index contributed by atoms with van der Waals surface area (Å²) in [4.78, 5) is 7.34. The fourth-order valence-corrected chi connectivity index (χ4v) is 1.70. The Morgan fingerprint density at radius 3 is 3.06 bits per heavy atom. The number of rotatable bonds is 4. The summed E-state index contributed by atoms with van der Waals surface area (Å²) in [6.45, 7) is 2.95. The minimum absolute atomic E-state index is 0.895. The topological polar surface area (TPSA) is 40.7 Å². The van der Waals surface area contributed by atoms with Crippen molar-refractivity contribution in [2.45, 2.75) is 13.3 Å². The van der Waals surface area contributed by atoms with Crippen LogP contribution in [-0.4, -0.2) is 16.5 Å². The van der Waals surface area contributed by atoms with Crippen LogP contribution in [0.15, 0.2) is 35.2 Å². The lowest BCUT2D eigenvalue weighted by atomic mass is 10.2. The van der Waals surface area contributed by atoms with Crippen molar-refractivity contribution >= 4 is 21.7 Å². The highest BCUT2D eigenvalue weighted by atomic mass is 79.9. The van der Waals surface area contributed by atoms with Gasteiger partial charge in [-0.25, -0.2) is 4.98 Å². The van der Waals surface area contributed by atoms with Gasteiger partial charge >= 0.3 is 0 Å². The quantitative estimate of drug-likeness (QED) is 0.903. The minimum Gasteiger partial charge on any atom is -0.370 e. The van der Waals surface area contributed by atoms with Crippen LogP contribution in [0.25, 0.3) is 0 Å². The van der Waals surface area contributed by atoms with Gasteiger partial charge in [-0.05, 0) is 52.5 Å². The normalized spacial score (nSPS) is 10.4. The Morgan fingerprint density at radius 2 is 2.38 bits per heavy atom. The molecular formula is C12H14BrN3. The molecule has 16 heavy (non-hydrogen) atoms. The molecule has 0 atom stereocenters. The standard InChI is InChI=1S/C12H14BrN3/c1-9-6-12(16-8-11(9)13)15-5-3-10-2-4-14-7-10/h2,4,6-8,14H,3,5H2,1H3,(H,15,16). The Labute approximate surface area is 103 Å². The Morgan fingerprint density at radius 1 is 1.50 bits per heavy atom. The van der Waals surface area contributed by atoms with Gasteiger partial charge in [-0.15, -0.1) is 0 Å². The van der Waals surface area contributed by atoms with Crippen LogP contribution in [0.1, 0.15) is 11.1 Å². The first-order valence-corrected chi connectivity index (χ1v) is 6.02. The maximum Gasteiger partial charge on any atom is 0.126 e. The lowest BCUT2D eigenvalue weighted by Gasteiger charge is -2.06. The number of H-pyrrole nitrogens is 1. The first kappa shape index (κ1) is 11.2. The summed E-state index contributed by atoms with van der Waals surface area (Å²) in [5, 5.41) is 3.31. The molecule has 2 aromatic rings. The maximum atomic E-state index is 4.29. The van der Waals surface area contributed by atoms with E-state index < -0.39 is 0 Å². The van der Waals surface area contributed by atoms with Gasteiger partial charge in [-0.3, -0.25) is 0 Å². The van der Waals surface area contributed by atoms with E-state index in [1.54, 1.807) is 0 Å². The van der Waals surface area contributed by atoms with Crippen molar-refractivity contribution in [3.8, 4) is 0 Å². The van der Waals surface area contributed by atoms with E-state index in [9.17, 15) is 0 Å². The molecule has 2 heterocycles. The molecule has 0 saturated carbocycles. The monoisotopic (exact) mass is 279 g/mol. The van der Waals surface area contributed by atoms with Crippen LogP contribution < -0.4 is 5.32 Å². The van der Waals surface area contributed by atoms with Crippen molar-refractivity contribution in [2.24, 2.45) is 0 Å². The van der Waals surface area contributed by atoms with E-state index in [-0.39, 0.29) is 0 Å². The number of aromatic nitrogens is 2. The summed E-state index contributed by atoms with van der Waals surface area (Å²) in [5.41, 5.74) is 2.50. The number of hydrogen-bond donors (Lipinski definition) is 2. The van der Waals surface area contributed by atoms with Crippen LogP contribution in [-0.2, 0) is 6.42 Å². The molecule has 0 aliphatic heterocycles. The third kappa shape index (κ3) is 2.85. The van der Waals surface area contributed by atoms with Crippen LogP contribution in [0.5, 0.6) is 0 Å². The van der Waals surface area contributed by atoms with Gasteiger partial charge in [0.05, 0.1) is 0 Å². The predicted molar refractivity (Wildman–Crippen MR) is 69.7 cm³/mol. The van der Waals surface area contributed by atoms with Gasteiger partial charge in [0.25, 0.3) is 0 Å². The molecule has 0 saturated heterocycles. The SMILES string of the molecule is Cc1cc(NCCc2cc[nH]c2)ncc1Br. The Hall–Kier alpha value is -1.29. The molecule has 0 amide bonds. The Balaban J connectivity index is 1.87. The van der Waals surface area contributed by atoms with Gasteiger partial charge in [0.2, 0.25) is 0 Å².